The van der Waals surface area contributed by atoms with Crippen LogP contribution in [0.25, 0.3) is 0 Å². The molecule has 52 valence electrons. The predicted molar refractivity (Wildman–Crippen MR) is 40.4 cm³/mol. The Hall–Kier alpha value is -0.0151. The molecule has 1 saturated heterocycles. The molecule has 0 aromatic carbocycles. The number of nitrogens with one attached hydrogen (secondary N) is 1. The average molecular weight is 127 g/mol. The largest absolute Gasteiger partial charge is 0.396 e. The van der Waals surface area contributed by atoms with E-state index >= 15 is 0 Å². The minimum Gasteiger partial charge on any atom is -0.396 e. The van der Waals surface area contributed by atoms with Gasteiger partial charge in [0.25, 0.3) is 0 Å². The van der Waals surface area contributed by atoms with E-state index in [0.29, 0.717) is 12.5 Å². The fraction of sp³-hybridized carbons (Fsp3) is 1.00. The first kappa shape index (κ1) is 7.10. The van der Waals surface area contributed by atoms with Crippen molar-refractivity contribution in [1.82, 2.24) is 5.32 Å². The first-order valence-corrected chi connectivity index (χ1v) is 3.64. The van der Waals surface area contributed by atoms with Crippen molar-refractivity contribution in [3.05, 3.63) is 0 Å². The van der Waals surface area contributed by atoms with E-state index in [1.807, 2.05) is 0 Å². The van der Waals surface area contributed by atoms with Gasteiger partial charge in [0.05, 0.1) is 0 Å². The maximum atomic E-state index is 8.77. The summed E-state index contributed by atoms with van der Waals surface area (Å²) in [6, 6.07) is 0. The molecule has 0 amide bonds. The number of aliphatic hydroxyl groups is 1. The standard InChI is InChI=1S/C6H14BNO/c7-6-1-5(4-9)2-8-3-6/h5-6,8-9H,1-4,7H2. The first-order valence-electron chi connectivity index (χ1n) is 3.64. The summed E-state index contributed by atoms with van der Waals surface area (Å²) in [5.74, 6) is 1.25. The molecule has 0 aromatic rings. The zero-order chi connectivity index (χ0) is 6.69. The highest BCUT2D eigenvalue weighted by Crippen LogP contribution is 2.16. The van der Waals surface area contributed by atoms with Crippen molar-refractivity contribution >= 4 is 7.85 Å². The Balaban J connectivity index is 2.23. The molecule has 2 nitrogen and oxygen atoms in total. The fourth-order valence-electron chi connectivity index (χ4n) is 1.41. The number of piperidine rings is 1. The van der Waals surface area contributed by atoms with Crippen molar-refractivity contribution in [2.45, 2.75) is 12.2 Å². The van der Waals surface area contributed by atoms with E-state index < -0.39 is 0 Å². The van der Waals surface area contributed by atoms with E-state index in [0.717, 1.165) is 18.9 Å². The lowest BCUT2D eigenvalue weighted by Gasteiger charge is -2.25. The van der Waals surface area contributed by atoms with Gasteiger partial charge in [0, 0.05) is 13.2 Å². The molecule has 0 saturated carbocycles. The summed E-state index contributed by atoms with van der Waals surface area (Å²) in [5, 5.41) is 12.0. The summed E-state index contributed by atoms with van der Waals surface area (Å²) in [4.78, 5) is 0. The van der Waals surface area contributed by atoms with Gasteiger partial charge in [0.2, 0.25) is 0 Å². The summed E-state index contributed by atoms with van der Waals surface area (Å²) < 4.78 is 0. The molecule has 2 atom stereocenters. The molecule has 1 rings (SSSR count). The summed E-state index contributed by atoms with van der Waals surface area (Å²) in [6.45, 7) is 2.47. The van der Waals surface area contributed by atoms with Gasteiger partial charge in [0.1, 0.15) is 7.85 Å². The third-order valence-corrected chi connectivity index (χ3v) is 1.92. The lowest BCUT2D eigenvalue weighted by Crippen LogP contribution is -2.35. The topological polar surface area (TPSA) is 32.3 Å². The van der Waals surface area contributed by atoms with E-state index in [2.05, 4.69) is 13.2 Å². The molecule has 2 unspecified atom stereocenters. The van der Waals surface area contributed by atoms with Crippen LogP contribution in [0.5, 0.6) is 0 Å². The fourth-order valence-corrected chi connectivity index (χ4v) is 1.41. The van der Waals surface area contributed by atoms with E-state index in [1.54, 1.807) is 0 Å². The normalized spacial score (nSPS) is 36.6. The monoisotopic (exact) mass is 127 g/mol. The Bertz CT molecular complexity index is 89.1. The number of rotatable bonds is 1. The smallest absolute Gasteiger partial charge is 0.107 e. The van der Waals surface area contributed by atoms with Crippen LogP contribution in [0.4, 0.5) is 0 Å². The zero-order valence-corrected chi connectivity index (χ0v) is 5.93. The van der Waals surface area contributed by atoms with E-state index in [1.165, 1.54) is 6.42 Å². The summed E-state index contributed by atoms with van der Waals surface area (Å²) in [5.41, 5.74) is 0. The third-order valence-electron chi connectivity index (χ3n) is 1.92. The van der Waals surface area contributed by atoms with Crippen LogP contribution in [-0.2, 0) is 0 Å². The minimum atomic E-state index is 0.345. The zero-order valence-electron chi connectivity index (χ0n) is 5.93. The van der Waals surface area contributed by atoms with Crippen LogP contribution in [0.2, 0.25) is 5.82 Å². The van der Waals surface area contributed by atoms with Crippen LogP contribution in [0.15, 0.2) is 0 Å². The van der Waals surface area contributed by atoms with Crippen LogP contribution in [0.3, 0.4) is 0 Å². The molecule has 1 fully saturated rings. The lowest BCUT2D eigenvalue weighted by molar-refractivity contribution is 0.199. The molecule has 0 bridgehead atoms. The molecule has 0 spiro atoms. The van der Waals surface area contributed by atoms with Crippen molar-refractivity contribution in [3.63, 3.8) is 0 Å². The Morgan fingerprint density at radius 1 is 1.56 bits per heavy atom. The van der Waals surface area contributed by atoms with E-state index in [-0.39, 0.29) is 0 Å². The summed E-state index contributed by atoms with van der Waals surface area (Å²) in [7, 11) is 2.22. The van der Waals surface area contributed by atoms with Gasteiger partial charge in [-0.25, -0.2) is 0 Å². The van der Waals surface area contributed by atoms with E-state index in [9.17, 15) is 0 Å². The predicted octanol–water partition coefficient (Wildman–Crippen LogP) is -0.990. The second-order valence-electron chi connectivity index (χ2n) is 3.05. The van der Waals surface area contributed by atoms with Crippen LogP contribution in [0.1, 0.15) is 6.42 Å². The Morgan fingerprint density at radius 3 is 2.78 bits per heavy atom. The third kappa shape index (κ3) is 1.99. The molecule has 0 radical (unpaired) electrons. The molecule has 1 aliphatic heterocycles. The molecule has 2 N–H and O–H groups in total. The number of hydrogen-bond acceptors (Lipinski definition) is 2. The maximum Gasteiger partial charge on any atom is 0.107 e. The molecule has 1 heterocycles. The second-order valence-corrected chi connectivity index (χ2v) is 3.05. The molecular weight excluding hydrogens is 113 g/mol. The van der Waals surface area contributed by atoms with Gasteiger partial charge in [-0.05, 0) is 12.5 Å². The van der Waals surface area contributed by atoms with Crippen LogP contribution in [0, 0.1) is 5.92 Å². The van der Waals surface area contributed by atoms with Gasteiger partial charge in [-0.15, -0.1) is 0 Å². The molecule has 0 aliphatic carbocycles. The molecular formula is C6H14BNO. The SMILES string of the molecule is BC1CNCC(CO)C1. The minimum absolute atomic E-state index is 0.345. The van der Waals surface area contributed by atoms with Crippen molar-refractivity contribution in [1.29, 1.82) is 0 Å². The summed E-state index contributed by atoms with van der Waals surface area (Å²) in [6.07, 6.45) is 1.18. The quantitative estimate of drug-likeness (QED) is 0.443. The molecule has 1 aliphatic rings. The Labute approximate surface area is 57.1 Å². The molecule has 9 heavy (non-hydrogen) atoms. The highest BCUT2D eigenvalue weighted by molar-refractivity contribution is 6.11. The second kappa shape index (κ2) is 3.23. The van der Waals surface area contributed by atoms with Gasteiger partial charge >= 0.3 is 0 Å². The highest BCUT2D eigenvalue weighted by atomic mass is 16.3. The van der Waals surface area contributed by atoms with Crippen LogP contribution < -0.4 is 5.32 Å². The van der Waals surface area contributed by atoms with E-state index in [4.69, 9.17) is 5.11 Å². The Kier molecular flexibility index (Phi) is 2.55. The summed E-state index contributed by atoms with van der Waals surface area (Å²) >= 11 is 0. The van der Waals surface area contributed by atoms with Crippen LogP contribution in [-0.4, -0.2) is 32.6 Å². The maximum absolute atomic E-state index is 8.77. The van der Waals surface area contributed by atoms with Gasteiger partial charge in [-0.1, -0.05) is 12.2 Å². The highest BCUT2D eigenvalue weighted by Gasteiger charge is 2.16. The van der Waals surface area contributed by atoms with Gasteiger partial charge in [-0.3, -0.25) is 0 Å². The van der Waals surface area contributed by atoms with Crippen molar-refractivity contribution in [2.75, 3.05) is 19.7 Å². The first-order chi connectivity index (χ1) is 4.33. The van der Waals surface area contributed by atoms with Crippen molar-refractivity contribution in [2.24, 2.45) is 5.92 Å². The molecule has 3 heteroatoms. The average Bonchev–Trinajstić information content (AvgIpc) is 1.88. The lowest BCUT2D eigenvalue weighted by atomic mass is 9.77. The van der Waals surface area contributed by atoms with Crippen LogP contribution >= 0.6 is 0 Å². The number of aliphatic hydroxyl groups excluding tert-OH is 1. The van der Waals surface area contributed by atoms with Gasteiger partial charge in [-0.2, -0.15) is 0 Å². The van der Waals surface area contributed by atoms with Crippen molar-refractivity contribution < 1.29 is 5.11 Å². The number of hydrogen-bond donors (Lipinski definition) is 2. The van der Waals surface area contributed by atoms with Crippen molar-refractivity contribution in [3.8, 4) is 0 Å². The van der Waals surface area contributed by atoms with Gasteiger partial charge < -0.3 is 10.4 Å². The van der Waals surface area contributed by atoms with Gasteiger partial charge in [0.15, 0.2) is 0 Å². The molecule has 0 aromatic heterocycles. The Morgan fingerprint density at radius 2 is 2.33 bits per heavy atom.